The van der Waals surface area contributed by atoms with E-state index in [0.717, 1.165) is 0 Å². The fourth-order valence-corrected chi connectivity index (χ4v) is 3.44. The number of ether oxygens (including phenoxy) is 2. The van der Waals surface area contributed by atoms with E-state index >= 15 is 0 Å². The predicted molar refractivity (Wildman–Crippen MR) is 92.3 cm³/mol. The smallest absolute Gasteiger partial charge is 0.240 e. The highest BCUT2D eigenvalue weighted by atomic mass is 32.2. The van der Waals surface area contributed by atoms with Crippen LogP contribution in [0.25, 0.3) is 0 Å². The van der Waals surface area contributed by atoms with E-state index in [1.165, 1.54) is 31.2 Å². The lowest BCUT2D eigenvalue weighted by atomic mass is 10.2. The molecule has 1 aliphatic rings. The Labute approximate surface area is 146 Å². The zero-order valence-electron chi connectivity index (χ0n) is 13.6. The number of anilines is 1. The Balaban J connectivity index is 1.61. The number of sulfonamides is 1. The van der Waals surface area contributed by atoms with Crippen molar-refractivity contribution in [3.05, 3.63) is 48.5 Å². The van der Waals surface area contributed by atoms with Crippen LogP contribution in [0.2, 0.25) is 0 Å². The van der Waals surface area contributed by atoms with Crippen molar-refractivity contribution < 1.29 is 22.7 Å². The van der Waals surface area contributed by atoms with E-state index in [9.17, 15) is 13.2 Å². The molecule has 7 nitrogen and oxygen atoms in total. The van der Waals surface area contributed by atoms with Crippen LogP contribution in [0.5, 0.6) is 11.5 Å². The Kier molecular flexibility index (Phi) is 4.91. The number of hydrogen-bond donors (Lipinski definition) is 2. The maximum atomic E-state index is 12.4. The van der Waals surface area contributed by atoms with Crippen molar-refractivity contribution in [2.75, 3.05) is 18.5 Å². The van der Waals surface area contributed by atoms with Crippen molar-refractivity contribution in [3.8, 4) is 11.5 Å². The molecule has 2 N–H and O–H groups in total. The van der Waals surface area contributed by atoms with E-state index in [-0.39, 0.29) is 24.0 Å². The van der Waals surface area contributed by atoms with Gasteiger partial charge < -0.3 is 14.8 Å². The average molecular weight is 362 g/mol. The second-order valence-electron chi connectivity index (χ2n) is 5.56. The van der Waals surface area contributed by atoms with Crippen LogP contribution in [-0.4, -0.2) is 33.6 Å². The molecule has 25 heavy (non-hydrogen) atoms. The van der Waals surface area contributed by atoms with Gasteiger partial charge in [-0.05, 0) is 36.4 Å². The topological polar surface area (TPSA) is 93.7 Å². The van der Waals surface area contributed by atoms with Gasteiger partial charge in [0, 0.05) is 12.6 Å². The highest BCUT2D eigenvalue weighted by Gasteiger charge is 2.23. The van der Waals surface area contributed by atoms with Crippen LogP contribution < -0.4 is 19.5 Å². The molecule has 0 spiro atoms. The van der Waals surface area contributed by atoms with Gasteiger partial charge in [-0.3, -0.25) is 4.79 Å². The van der Waals surface area contributed by atoms with Gasteiger partial charge in [0.25, 0.3) is 0 Å². The van der Waals surface area contributed by atoms with Crippen molar-refractivity contribution in [3.63, 3.8) is 0 Å². The van der Waals surface area contributed by atoms with Gasteiger partial charge in [-0.25, -0.2) is 13.1 Å². The molecule has 0 saturated heterocycles. The summed E-state index contributed by atoms with van der Waals surface area (Å²) in [6, 6.07) is 13.2. The SMILES string of the molecule is CC(=O)Nc1ccc(S(=O)(=O)NC[C@H]2COc3ccccc3O2)cc1. The molecule has 2 aromatic carbocycles. The summed E-state index contributed by atoms with van der Waals surface area (Å²) < 4.78 is 38.5. The number of carbonyl (C=O) groups excluding carboxylic acids is 1. The molecular weight excluding hydrogens is 344 g/mol. The van der Waals surface area contributed by atoms with Gasteiger partial charge in [-0.1, -0.05) is 12.1 Å². The summed E-state index contributed by atoms with van der Waals surface area (Å²) in [6.07, 6.45) is -0.414. The van der Waals surface area contributed by atoms with E-state index in [4.69, 9.17) is 9.47 Å². The second kappa shape index (κ2) is 7.12. The predicted octanol–water partition coefficient (Wildman–Crippen LogP) is 1.76. The molecule has 3 rings (SSSR count). The fraction of sp³-hybridized carbons (Fsp3) is 0.235. The van der Waals surface area contributed by atoms with E-state index in [2.05, 4.69) is 10.0 Å². The molecule has 0 aliphatic carbocycles. The summed E-state index contributed by atoms with van der Waals surface area (Å²) >= 11 is 0. The number of amides is 1. The number of hydrogen-bond acceptors (Lipinski definition) is 5. The molecule has 0 aromatic heterocycles. The van der Waals surface area contributed by atoms with Gasteiger partial charge in [0.05, 0.1) is 11.4 Å². The minimum absolute atomic E-state index is 0.0874. The Morgan fingerprint density at radius 1 is 1.12 bits per heavy atom. The van der Waals surface area contributed by atoms with Gasteiger partial charge >= 0.3 is 0 Å². The molecular formula is C17H18N2O5S. The maximum absolute atomic E-state index is 12.4. The molecule has 8 heteroatoms. The van der Waals surface area contributed by atoms with Gasteiger partial charge in [-0.15, -0.1) is 0 Å². The molecule has 0 radical (unpaired) electrons. The fourth-order valence-electron chi connectivity index (χ4n) is 2.37. The van der Waals surface area contributed by atoms with Crippen LogP contribution in [0.1, 0.15) is 6.92 Å². The number of fused-ring (bicyclic) bond motifs is 1. The third kappa shape index (κ3) is 4.28. The first-order valence-electron chi connectivity index (χ1n) is 7.70. The quantitative estimate of drug-likeness (QED) is 0.845. The van der Waals surface area contributed by atoms with E-state index in [1.54, 1.807) is 12.1 Å². The first-order chi connectivity index (χ1) is 11.9. The highest BCUT2D eigenvalue weighted by molar-refractivity contribution is 7.89. The summed E-state index contributed by atoms with van der Waals surface area (Å²) in [5.74, 6) is 1.02. The first kappa shape index (κ1) is 17.2. The Bertz CT molecular complexity index is 865. The lowest BCUT2D eigenvalue weighted by molar-refractivity contribution is -0.114. The molecule has 1 atom stereocenters. The van der Waals surface area contributed by atoms with E-state index < -0.39 is 16.1 Å². The van der Waals surface area contributed by atoms with Crippen LogP contribution >= 0.6 is 0 Å². The van der Waals surface area contributed by atoms with Gasteiger partial charge in [-0.2, -0.15) is 0 Å². The molecule has 132 valence electrons. The largest absolute Gasteiger partial charge is 0.486 e. The molecule has 0 fully saturated rings. The van der Waals surface area contributed by atoms with Crippen molar-refractivity contribution in [2.45, 2.75) is 17.9 Å². The number of nitrogens with one attached hydrogen (secondary N) is 2. The maximum Gasteiger partial charge on any atom is 0.240 e. The van der Waals surface area contributed by atoms with Crippen LogP contribution in [0.3, 0.4) is 0 Å². The lowest BCUT2D eigenvalue weighted by Gasteiger charge is -2.26. The van der Waals surface area contributed by atoms with Crippen LogP contribution in [0, 0.1) is 0 Å². The normalized spacial score (nSPS) is 16.3. The number of rotatable bonds is 5. The lowest BCUT2D eigenvalue weighted by Crippen LogP contribution is -2.40. The molecule has 0 bridgehead atoms. The molecule has 1 aliphatic heterocycles. The van der Waals surface area contributed by atoms with Gasteiger partial charge in [0.1, 0.15) is 12.7 Å². The molecule has 0 unspecified atom stereocenters. The molecule has 1 heterocycles. The van der Waals surface area contributed by atoms with Crippen molar-refractivity contribution in [2.24, 2.45) is 0 Å². The van der Waals surface area contributed by atoms with Crippen molar-refractivity contribution >= 4 is 21.6 Å². The average Bonchev–Trinajstić information content (AvgIpc) is 2.60. The van der Waals surface area contributed by atoms with Gasteiger partial charge in [0.15, 0.2) is 11.5 Å². The molecule has 1 amide bonds. The first-order valence-corrected chi connectivity index (χ1v) is 9.18. The summed E-state index contributed by atoms with van der Waals surface area (Å²) in [5.41, 5.74) is 0.534. The minimum atomic E-state index is -3.68. The standard InChI is InChI=1S/C17H18N2O5S/c1-12(20)19-13-6-8-15(9-7-13)25(21,22)18-10-14-11-23-16-4-2-3-5-17(16)24-14/h2-9,14,18H,10-11H2,1H3,(H,19,20)/t14-/m0/s1. The Hall–Kier alpha value is -2.58. The summed E-state index contributed by atoms with van der Waals surface area (Å²) in [4.78, 5) is 11.1. The number of carbonyl (C=O) groups is 1. The van der Waals surface area contributed by atoms with E-state index in [1.807, 2.05) is 12.1 Å². The zero-order valence-corrected chi connectivity index (χ0v) is 14.4. The second-order valence-corrected chi connectivity index (χ2v) is 7.32. The molecule has 2 aromatic rings. The third-order valence-electron chi connectivity index (χ3n) is 3.55. The number of para-hydroxylation sites is 2. The minimum Gasteiger partial charge on any atom is -0.486 e. The van der Waals surface area contributed by atoms with Crippen LogP contribution in [-0.2, 0) is 14.8 Å². The molecule has 0 saturated carbocycles. The van der Waals surface area contributed by atoms with Crippen LogP contribution in [0.15, 0.2) is 53.4 Å². The van der Waals surface area contributed by atoms with Crippen molar-refractivity contribution in [1.82, 2.24) is 4.72 Å². The van der Waals surface area contributed by atoms with Crippen molar-refractivity contribution in [1.29, 1.82) is 0 Å². The third-order valence-corrected chi connectivity index (χ3v) is 4.99. The Morgan fingerprint density at radius 2 is 1.80 bits per heavy atom. The monoisotopic (exact) mass is 362 g/mol. The summed E-state index contributed by atoms with van der Waals surface area (Å²) in [6.45, 7) is 1.74. The summed E-state index contributed by atoms with van der Waals surface area (Å²) in [5, 5.41) is 2.59. The number of benzene rings is 2. The summed E-state index contributed by atoms with van der Waals surface area (Å²) in [7, 11) is -3.68. The highest BCUT2D eigenvalue weighted by Crippen LogP contribution is 2.30. The Morgan fingerprint density at radius 3 is 2.48 bits per heavy atom. The van der Waals surface area contributed by atoms with Gasteiger partial charge in [0.2, 0.25) is 15.9 Å². The van der Waals surface area contributed by atoms with E-state index in [0.29, 0.717) is 17.2 Å². The van der Waals surface area contributed by atoms with Crippen LogP contribution in [0.4, 0.5) is 5.69 Å². The zero-order chi connectivity index (χ0) is 17.9.